The minimum absolute atomic E-state index is 0.0381. The minimum atomic E-state index is -4.31. The summed E-state index contributed by atoms with van der Waals surface area (Å²) in [7, 11) is 0. The van der Waals surface area contributed by atoms with E-state index >= 15 is 0 Å². The van der Waals surface area contributed by atoms with Crippen LogP contribution in [0, 0.1) is 0 Å². The predicted octanol–water partition coefficient (Wildman–Crippen LogP) is 2.66. The molecule has 0 saturated heterocycles. The summed E-state index contributed by atoms with van der Waals surface area (Å²) < 4.78 is 41.3. The van der Waals surface area contributed by atoms with E-state index in [2.05, 4.69) is 0 Å². The molecule has 1 atom stereocenters. The van der Waals surface area contributed by atoms with Gasteiger partial charge in [-0.1, -0.05) is 24.3 Å². The van der Waals surface area contributed by atoms with Crippen molar-refractivity contribution in [3.05, 3.63) is 35.4 Å². The molecule has 0 spiro atoms. The van der Waals surface area contributed by atoms with E-state index < -0.39 is 12.3 Å². The van der Waals surface area contributed by atoms with Gasteiger partial charge >= 0.3 is 6.18 Å². The van der Waals surface area contributed by atoms with Crippen molar-refractivity contribution in [3.63, 3.8) is 0 Å². The molecule has 0 aliphatic rings. The highest BCUT2D eigenvalue weighted by atomic mass is 19.4. The van der Waals surface area contributed by atoms with Gasteiger partial charge < -0.3 is 10.5 Å². The van der Waals surface area contributed by atoms with Crippen LogP contribution >= 0.6 is 0 Å². The second-order valence-electron chi connectivity index (χ2n) is 3.85. The maximum Gasteiger partial charge on any atom is 0.414 e. The number of alkyl halides is 3. The monoisotopic (exact) mass is 247 g/mol. The van der Waals surface area contributed by atoms with Gasteiger partial charge in [0, 0.05) is 0 Å². The first-order chi connectivity index (χ1) is 7.93. The van der Waals surface area contributed by atoms with Crippen LogP contribution in [-0.4, -0.2) is 18.8 Å². The zero-order valence-corrected chi connectivity index (χ0v) is 9.63. The number of benzene rings is 1. The van der Waals surface area contributed by atoms with Gasteiger partial charge in [0.15, 0.2) is 6.10 Å². The molecular weight excluding hydrogens is 231 g/mol. The van der Waals surface area contributed by atoms with Crippen LogP contribution in [0.2, 0.25) is 0 Å². The van der Waals surface area contributed by atoms with E-state index in [0.29, 0.717) is 6.54 Å². The molecule has 2 N–H and O–H groups in total. The Hall–Kier alpha value is -1.07. The molecule has 1 unspecified atom stereocenters. The molecule has 2 nitrogen and oxygen atoms in total. The number of ether oxygens (including phenoxy) is 1. The van der Waals surface area contributed by atoms with Crippen molar-refractivity contribution < 1.29 is 17.9 Å². The van der Waals surface area contributed by atoms with Crippen molar-refractivity contribution in [2.24, 2.45) is 5.73 Å². The van der Waals surface area contributed by atoms with Crippen LogP contribution in [0.3, 0.4) is 0 Å². The standard InChI is InChI=1S/C12H16F3NO/c1-9(12(13,14)15)17-8-11-4-2-10(3-5-11)6-7-16/h2-5,9H,6-8,16H2,1H3. The fraction of sp³-hybridized carbons (Fsp3) is 0.500. The second-order valence-corrected chi connectivity index (χ2v) is 3.85. The lowest BCUT2D eigenvalue weighted by Gasteiger charge is -2.16. The van der Waals surface area contributed by atoms with E-state index in [1.165, 1.54) is 0 Å². The molecule has 96 valence electrons. The topological polar surface area (TPSA) is 35.2 Å². The summed E-state index contributed by atoms with van der Waals surface area (Å²) in [6.07, 6.45) is -5.29. The Bertz CT molecular complexity index is 335. The average Bonchev–Trinajstić information content (AvgIpc) is 2.27. The van der Waals surface area contributed by atoms with Crippen molar-refractivity contribution in [1.29, 1.82) is 0 Å². The van der Waals surface area contributed by atoms with Gasteiger partial charge in [0.05, 0.1) is 6.61 Å². The predicted molar refractivity (Wildman–Crippen MR) is 59.5 cm³/mol. The van der Waals surface area contributed by atoms with Gasteiger partial charge in [-0.05, 0) is 31.0 Å². The number of hydrogen-bond donors (Lipinski definition) is 1. The van der Waals surface area contributed by atoms with Crippen LogP contribution < -0.4 is 5.73 Å². The zero-order chi connectivity index (χ0) is 12.9. The molecule has 0 bridgehead atoms. The Kier molecular flexibility index (Phi) is 4.96. The molecule has 17 heavy (non-hydrogen) atoms. The Labute approximate surface area is 98.6 Å². The van der Waals surface area contributed by atoms with Crippen molar-refractivity contribution in [2.75, 3.05) is 6.54 Å². The van der Waals surface area contributed by atoms with Gasteiger partial charge in [-0.15, -0.1) is 0 Å². The van der Waals surface area contributed by atoms with Gasteiger partial charge in [-0.25, -0.2) is 0 Å². The molecule has 1 rings (SSSR count). The maximum atomic E-state index is 12.2. The Morgan fingerprint density at radius 1 is 1.18 bits per heavy atom. The van der Waals surface area contributed by atoms with Crippen molar-refractivity contribution in [1.82, 2.24) is 0 Å². The summed E-state index contributed by atoms with van der Waals surface area (Å²) in [5.74, 6) is 0. The first-order valence-corrected chi connectivity index (χ1v) is 5.39. The SMILES string of the molecule is CC(OCc1ccc(CCN)cc1)C(F)(F)F. The molecule has 0 heterocycles. The lowest BCUT2D eigenvalue weighted by atomic mass is 10.1. The third kappa shape index (κ3) is 4.75. The lowest BCUT2D eigenvalue weighted by molar-refractivity contribution is -0.217. The molecule has 0 saturated carbocycles. The maximum absolute atomic E-state index is 12.2. The number of nitrogens with two attached hydrogens (primary N) is 1. The highest BCUT2D eigenvalue weighted by Crippen LogP contribution is 2.23. The van der Waals surface area contributed by atoms with Crippen molar-refractivity contribution in [3.8, 4) is 0 Å². The summed E-state index contributed by atoms with van der Waals surface area (Å²) in [4.78, 5) is 0. The second kappa shape index (κ2) is 6.02. The molecule has 1 aromatic rings. The van der Waals surface area contributed by atoms with Crippen molar-refractivity contribution >= 4 is 0 Å². The third-order valence-corrected chi connectivity index (χ3v) is 2.42. The van der Waals surface area contributed by atoms with Crippen LogP contribution in [0.4, 0.5) is 13.2 Å². The van der Waals surface area contributed by atoms with Gasteiger partial charge in [0.2, 0.25) is 0 Å². The number of hydrogen-bond acceptors (Lipinski definition) is 2. The van der Waals surface area contributed by atoms with Gasteiger partial charge in [-0.3, -0.25) is 0 Å². The van der Waals surface area contributed by atoms with E-state index in [-0.39, 0.29) is 6.61 Å². The lowest BCUT2D eigenvalue weighted by Crippen LogP contribution is -2.28. The van der Waals surface area contributed by atoms with E-state index in [0.717, 1.165) is 24.5 Å². The molecule has 0 radical (unpaired) electrons. The van der Waals surface area contributed by atoms with Crippen molar-refractivity contribution in [2.45, 2.75) is 32.2 Å². The van der Waals surface area contributed by atoms with Gasteiger partial charge in [0.1, 0.15) is 0 Å². The summed E-state index contributed by atoms with van der Waals surface area (Å²) >= 11 is 0. The van der Waals surface area contributed by atoms with Crippen LogP contribution in [0.15, 0.2) is 24.3 Å². The Morgan fingerprint density at radius 3 is 2.18 bits per heavy atom. The number of halogens is 3. The van der Waals surface area contributed by atoms with Crippen LogP contribution in [0.5, 0.6) is 0 Å². The molecule has 5 heteroatoms. The van der Waals surface area contributed by atoms with E-state index in [1.54, 1.807) is 12.1 Å². The van der Waals surface area contributed by atoms with E-state index in [9.17, 15) is 13.2 Å². The fourth-order valence-corrected chi connectivity index (χ4v) is 1.28. The summed E-state index contributed by atoms with van der Waals surface area (Å²) in [5.41, 5.74) is 7.19. The average molecular weight is 247 g/mol. The molecular formula is C12H16F3NO. The molecule has 0 aromatic heterocycles. The highest BCUT2D eigenvalue weighted by molar-refractivity contribution is 5.22. The quantitative estimate of drug-likeness (QED) is 0.868. The highest BCUT2D eigenvalue weighted by Gasteiger charge is 2.36. The van der Waals surface area contributed by atoms with Crippen LogP contribution in [-0.2, 0) is 17.8 Å². The van der Waals surface area contributed by atoms with E-state index in [1.807, 2.05) is 12.1 Å². The minimum Gasteiger partial charge on any atom is -0.364 e. The van der Waals surface area contributed by atoms with Crippen LogP contribution in [0.1, 0.15) is 18.1 Å². The summed E-state index contributed by atoms with van der Waals surface area (Å²) in [5, 5.41) is 0. The van der Waals surface area contributed by atoms with Crippen LogP contribution in [0.25, 0.3) is 0 Å². The summed E-state index contributed by atoms with van der Waals surface area (Å²) in [6, 6.07) is 7.22. The molecule has 0 aliphatic carbocycles. The van der Waals surface area contributed by atoms with E-state index in [4.69, 9.17) is 10.5 Å². The normalized spacial score (nSPS) is 13.7. The van der Waals surface area contributed by atoms with Gasteiger partial charge in [0.25, 0.3) is 0 Å². The smallest absolute Gasteiger partial charge is 0.364 e. The largest absolute Gasteiger partial charge is 0.414 e. The summed E-state index contributed by atoms with van der Waals surface area (Å²) in [6.45, 7) is 1.52. The zero-order valence-electron chi connectivity index (χ0n) is 9.63. The van der Waals surface area contributed by atoms with Gasteiger partial charge in [-0.2, -0.15) is 13.2 Å². The fourth-order valence-electron chi connectivity index (χ4n) is 1.28. The Morgan fingerprint density at radius 2 is 1.71 bits per heavy atom. The third-order valence-electron chi connectivity index (χ3n) is 2.42. The molecule has 1 aromatic carbocycles. The number of rotatable bonds is 5. The molecule has 0 fully saturated rings. The Balaban J connectivity index is 2.47. The molecule has 0 aliphatic heterocycles. The first-order valence-electron chi connectivity index (χ1n) is 5.39. The first kappa shape index (κ1) is 14.0. The molecule has 0 amide bonds.